The van der Waals surface area contributed by atoms with E-state index in [4.69, 9.17) is 0 Å². The Balaban J connectivity index is 5.81. The highest BCUT2D eigenvalue weighted by Gasteiger charge is 2.56. The van der Waals surface area contributed by atoms with Crippen molar-refractivity contribution in [1.29, 1.82) is 0 Å². The molecule has 0 aromatic carbocycles. The molecule has 0 aliphatic rings. The Bertz CT molecular complexity index is 546. The van der Waals surface area contributed by atoms with E-state index in [1.807, 2.05) is 26.8 Å². The molecule has 0 rings (SSSR count). The van der Waals surface area contributed by atoms with E-state index in [0.29, 0.717) is 25.7 Å². The summed E-state index contributed by atoms with van der Waals surface area (Å²) in [7, 11) is 0. The van der Waals surface area contributed by atoms with Crippen LogP contribution in [-0.2, 0) is 14.4 Å². The first-order valence-corrected chi connectivity index (χ1v) is 13.4. The van der Waals surface area contributed by atoms with Gasteiger partial charge in [0.05, 0.1) is 6.54 Å². The largest absolute Gasteiger partial charge is 0.477 e. The molecule has 3 N–H and O–H groups in total. The third kappa shape index (κ3) is 10.2. The SMILES string of the molecule is C=CCCCCCCCCCC[N+](C(CCC)C(=O)O)(C(CCC)C(=O)O)C(CCC)C(=O)O. The number of allylic oxidation sites excluding steroid dienone is 1. The van der Waals surface area contributed by atoms with Gasteiger partial charge in [0.2, 0.25) is 0 Å². The van der Waals surface area contributed by atoms with Crippen LogP contribution in [0, 0.1) is 0 Å². The van der Waals surface area contributed by atoms with Crippen molar-refractivity contribution in [3.63, 3.8) is 0 Å². The second-order valence-electron chi connectivity index (χ2n) is 9.55. The number of carbonyl (C=O) groups is 3. The van der Waals surface area contributed by atoms with Crippen LogP contribution in [0.3, 0.4) is 0 Å². The molecule has 0 spiro atoms. The first-order chi connectivity index (χ1) is 16.2. The molecule has 0 heterocycles. The maximum absolute atomic E-state index is 12.5. The average Bonchev–Trinajstić information content (AvgIpc) is 2.78. The Kier molecular flexibility index (Phi) is 17.4. The summed E-state index contributed by atoms with van der Waals surface area (Å²) >= 11 is 0. The smallest absolute Gasteiger partial charge is 0.362 e. The van der Waals surface area contributed by atoms with Gasteiger partial charge < -0.3 is 15.3 Å². The number of hydrogen-bond donors (Lipinski definition) is 3. The van der Waals surface area contributed by atoms with Gasteiger partial charge in [-0.1, -0.05) is 59.0 Å². The fourth-order valence-corrected chi connectivity index (χ4v) is 5.38. The summed E-state index contributed by atoms with van der Waals surface area (Å²) < 4.78 is -0.378. The molecule has 0 saturated carbocycles. The van der Waals surface area contributed by atoms with Crippen molar-refractivity contribution in [2.24, 2.45) is 0 Å². The number of quaternary nitrogens is 1. The molecule has 0 radical (unpaired) electrons. The molecule has 0 saturated heterocycles. The second kappa shape index (κ2) is 18.4. The van der Waals surface area contributed by atoms with E-state index in [9.17, 15) is 29.7 Å². The van der Waals surface area contributed by atoms with Crippen molar-refractivity contribution >= 4 is 17.9 Å². The molecule has 0 fully saturated rings. The van der Waals surface area contributed by atoms with Gasteiger partial charge in [-0.3, -0.25) is 4.48 Å². The molecule has 34 heavy (non-hydrogen) atoms. The summed E-state index contributed by atoms with van der Waals surface area (Å²) in [6.45, 7) is 9.61. The molecule has 3 atom stereocenters. The number of carboxylic acids is 3. The standard InChI is InChI=1S/C27H49NO6/c1-5-9-10-11-12-13-14-15-16-17-21-28(22(18-6-2)25(29)30,23(19-7-3)26(31)32)24(20-8-4)27(33)34/h5,22-24H,1,6-21H2,2-4H3,(H2-,29,30,31,32,33,34)/p+1. The predicted molar refractivity (Wildman–Crippen MR) is 136 cm³/mol. The number of hydrogen-bond acceptors (Lipinski definition) is 3. The van der Waals surface area contributed by atoms with Crippen molar-refractivity contribution in [3.05, 3.63) is 12.7 Å². The number of rotatable bonds is 23. The summed E-state index contributed by atoms with van der Waals surface area (Å²) in [6.07, 6.45) is 13.7. The van der Waals surface area contributed by atoms with E-state index in [0.717, 1.165) is 32.1 Å². The zero-order chi connectivity index (χ0) is 26.0. The minimum atomic E-state index is -1.09. The Morgan fingerprint density at radius 3 is 1.26 bits per heavy atom. The van der Waals surface area contributed by atoms with Crippen LogP contribution in [0.25, 0.3) is 0 Å². The van der Waals surface area contributed by atoms with Crippen molar-refractivity contribution in [2.75, 3.05) is 6.54 Å². The molecule has 0 aliphatic carbocycles. The van der Waals surface area contributed by atoms with E-state index in [2.05, 4.69) is 6.58 Å². The van der Waals surface area contributed by atoms with Crippen LogP contribution in [0.5, 0.6) is 0 Å². The van der Waals surface area contributed by atoms with Gasteiger partial charge in [-0.25, -0.2) is 14.4 Å². The van der Waals surface area contributed by atoms with Gasteiger partial charge in [0.25, 0.3) is 0 Å². The number of carboxylic acid groups (broad SMARTS) is 3. The Labute approximate surface area is 206 Å². The molecule has 0 aliphatic heterocycles. The molecule has 7 nitrogen and oxygen atoms in total. The molecule has 7 heteroatoms. The predicted octanol–water partition coefficient (Wildman–Crippen LogP) is 6.26. The maximum Gasteiger partial charge on any atom is 0.362 e. The third-order valence-corrected chi connectivity index (χ3v) is 6.99. The van der Waals surface area contributed by atoms with E-state index in [1.165, 1.54) is 19.3 Å². The quantitative estimate of drug-likeness (QED) is 0.0896. The molecule has 0 aromatic rings. The monoisotopic (exact) mass is 484 g/mol. The lowest BCUT2D eigenvalue weighted by Gasteiger charge is -2.50. The summed E-state index contributed by atoms with van der Waals surface area (Å²) in [4.78, 5) is 37.4. The van der Waals surface area contributed by atoms with Crippen LogP contribution in [0.15, 0.2) is 12.7 Å². The fraction of sp³-hybridized carbons (Fsp3) is 0.815. The van der Waals surface area contributed by atoms with Gasteiger partial charge >= 0.3 is 17.9 Å². The van der Waals surface area contributed by atoms with Gasteiger partial charge in [-0.05, 0) is 44.9 Å². The minimum Gasteiger partial charge on any atom is -0.477 e. The van der Waals surface area contributed by atoms with E-state index in [-0.39, 0.29) is 30.3 Å². The van der Waals surface area contributed by atoms with Crippen LogP contribution < -0.4 is 0 Å². The van der Waals surface area contributed by atoms with Crippen LogP contribution in [0.4, 0.5) is 0 Å². The van der Waals surface area contributed by atoms with Gasteiger partial charge in [0, 0.05) is 19.3 Å². The Hall–Kier alpha value is -1.89. The lowest BCUT2D eigenvalue weighted by molar-refractivity contribution is -0.973. The first kappa shape index (κ1) is 32.1. The zero-order valence-corrected chi connectivity index (χ0v) is 21.8. The Morgan fingerprint density at radius 2 is 0.971 bits per heavy atom. The lowest BCUT2D eigenvalue weighted by atomic mass is 9.91. The highest BCUT2D eigenvalue weighted by atomic mass is 16.4. The summed E-state index contributed by atoms with van der Waals surface area (Å²) in [6, 6.07) is -3.14. The fourth-order valence-electron chi connectivity index (χ4n) is 5.38. The maximum atomic E-state index is 12.5. The van der Waals surface area contributed by atoms with E-state index >= 15 is 0 Å². The molecule has 3 unspecified atom stereocenters. The molecular formula is C27H50NO6+. The summed E-state index contributed by atoms with van der Waals surface area (Å²) in [5, 5.41) is 30.6. The van der Waals surface area contributed by atoms with E-state index < -0.39 is 36.0 Å². The van der Waals surface area contributed by atoms with Crippen molar-refractivity contribution in [1.82, 2.24) is 0 Å². The van der Waals surface area contributed by atoms with Crippen LogP contribution >= 0.6 is 0 Å². The normalized spacial score (nSPS) is 15.7. The second-order valence-corrected chi connectivity index (χ2v) is 9.55. The molecule has 198 valence electrons. The number of unbranched alkanes of at least 4 members (excludes halogenated alkanes) is 8. The zero-order valence-electron chi connectivity index (χ0n) is 21.8. The molecular weight excluding hydrogens is 434 g/mol. The molecule has 0 aromatic heterocycles. The lowest BCUT2D eigenvalue weighted by Crippen LogP contribution is -2.72. The van der Waals surface area contributed by atoms with Crippen molar-refractivity contribution in [3.8, 4) is 0 Å². The van der Waals surface area contributed by atoms with Gasteiger partial charge in [0.1, 0.15) is 0 Å². The van der Waals surface area contributed by atoms with Crippen LogP contribution in [0.2, 0.25) is 0 Å². The van der Waals surface area contributed by atoms with E-state index in [1.54, 1.807) is 0 Å². The molecule has 0 bridgehead atoms. The minimum absolute atomic E-state index is 0.265. The van der Waals surface area contributed by atoms with Crippen molar-refractivity contribution < 1.29 is 34.2 Å². The number of nitrogens with zero attached hydrogens (tertiary/aromatic N) is 1. The highest BCUT2D eigenvalue weighted by Crippen LogP contribution is 2.34. The summed E-state index contributed by atoms with van der Waals surface area (Å²) in [5.41, 5.74) is 0. The van der Waals surface area contributed by atoms with Gasteiger partial charge in [-0.2, -0.15) is 0 Å². The van der Waals surface area contributed by atoms with Crippen LogP contribution in [-0.4, -0.2) is 62.4 Å². The average molecular weight is 485 g/mol. The first-order valence-electron chi connectivity index (χ1n) is 13.4. The molecule has 0 amide bonds. The topological polar surface area (TPSA) is 112 Å². The number of aliphatic carboxylic acids is 3. The van der Waals surface area contributed by atoms with Gasteiger partial charge in [-0.15, -0.1) is 6.58 Å². The highest BCUT2D eigenvalue weighted by molar-refractivity contribution is 5.78. The third-order valence-electron chi connectivity index (χ3n) is 6.99. The van der Waals surface area contributed by atoms with Gasteiger partial charge in [0.15, 0.2) is 18.1 Å². The van der Waals surface area contributed by atoms with Crippen LogP contribution in [0.1, 0.15) is 117 Å². The van der Waals surface area contributed by atoms with Crippen molar-refractivity contribution in [2.45, 2.75) is 135 Å². The Morgan fingerprint density at radius 1 is 0.647 bits per heavy atom. The summed E-state index contributed by atoms with van der Waals surface area (Å²) in [5.74, 6) is -3.27.